The largest absolute Gasteiger partial charge is 0.497 e. The van der Waals surface area contributed by atoms with Gasteiger partial charge in [-0.05, 0) is 24.6 Å². The quantitative estimate of drug-likeness (QED) is 0.741. The third kappa shape index (κ3) is 4.23. The molecule has 2 N–H and O–H groups in total. The van der Waals surface area contributed by atoms with Crippen LogP contribution in [0, 0.1) is 0 Å². The molecule has 0 bridgehead atoms. The number of nitrogens with zero attached hydrogens (tertiary/aromatic N) is 2. The predicted molar refractivity (Wildman–Crippen MR) is 84.8 cm³/mol. The zero-order chi connectivity index (χ0) is 16.7. The molecule has 2 rings (SSSR count). The Morgan fingerprint density at radius 3 is 2.65 bits per heavy atom. The number of carbonyl (C=O) groups is 1. The second-order valence-corrected chi connectivity index (χ2v) is 4.73. The Balaban J connectivity index is 2.23. The Bertz CT molecular complexity index is 637. The van der Waals surface area contributed by atoms with Gasteiger partial charge in [0.05, 0.1) is 26.5 Å². The highest BCUT2D eigenvalue weighted by Gasteiger charge is 2.20. The van der Waals surface area contributed by atoms with Crippen molar-refractivity contribution in [3.05, 3.63) is 41.6 Å². The van der Waals surface area contributed by atoms with Crippen LogP contribution in [0.4, 0.5) is 0 Å². The molecule has 0 unspecified atom stereocenters. The van der Waals surface area contributed by atoms with Crippen LogP contribution in [-0.2, 0) is 11.3 Å². The summed E-state index contributed by atoms with van der Waals surface area (Å²) in [4.78, 5) is 12.0. The molecule has 0 spiro atoms. The highest BCUT2D eigenvalue weighted by atomic mass is 16.5. The first-order valence-electron chi connectivity index (χ1n) is 7.38. The number of aromatic nitrogens is 2. The molecule has 1 aromatic heterocycles. The number of hydrogen-bond donors (Lipinski definition) is 1. The molecule has 1 heterocycles. The fourth-order valence-corrected chi connectivity index (χ4v) is 2.05. The fourth-order valence-electron chi connectivity index (χ4n) is 2.05. The zero-order valence-corrected chi connectivity index (χ0v) is 13.3. The molecule has 124 valence electrons. The average Bonchev–Trinajstić information content (AvgIpc) is 2.96. The lowest BCUT2D eigenvalue weighted by molar-refractivity contribution is 0.0521. The van der Waals surface area contributed by atoms with Gasteiger partial charge < -0.3 is 19.9 Å². The van der Waals surface area contributed by atoms with Gasteiger partial charge in [0, 0.05) is 6.54 Å². The Labute approximate surface area is 134 Å². The Morgan fingerprint density at radius 2 is 2.04 bits per heavy atom. The van der Waals surface area contributed by atoms with E-state index in [2.05, 4.69) is 5.10 Å². The summed E-state index contributed by atoms with van der Waals surface area (Å²) in [7, 11) is 1.62. The summed E-state index contributed by atoms with van der Waals surface area (Å²) >= 11 is 0. The number of rotatable bonds is 8. The average molecular weight is 319 g/mol. The molecule has 0 aliphatic rings. The van der Waals surface area contributed by atoms with E-state index in [0.29, 0.717) is 37.7 Å². The van der Waals surface area contributed by atoms with Crippen LogP contribution in [-0.4, -0.2) is 42.6 Å². The normalized spacial score (nSPS) is 10.4. The molecule has 7 heteroatoms. The van der Waals surface area contributed by atoms with Crippen LogP contribution in [0.3, 0.4) is 0 Å². The number of hydrogen-bond acceptors (Lipinski definition) is 6. The summed E-state index contributed by atoms with van der Waals surface area (Å²) in [6, 6.07) is 7.59. The molecule has 2 aromatic rings. The van der Waals surface area contributed by atoms with Crippen LogP contribution in [0.5, 0.6) is 11.6 Å². The monoisotopic (exact) mass is 319 g/mol. The molecule has 0 amide bonds. The highest BCUT2D eigenvalue weighted by Crippen LogP contribution is 2.21. The van der Waals surface area contributed by atoms with Gasteiger partial charge in [-0.3, -0.25) is 0 Å². The first kappa shape index (κ1) is 16.8. The maximum atomic E-state index is 12.0. The van der Waals surface area contributed by atoms with Crippen LogP contribution in [0.2, 0.25) is 0 Å². The van der Waals surface area contributed by atoms with Crippen molar-refractivity contribution in [1.82, 2.24) is 9.78 Å². The molecule has 7 nitrogen and oxygen atoms in total. The minimum absolute atomic E-state index is 0.290. The highest BCUT2D eigenvalue weighted by molar-refractivity contribution is 5.91. The van der Waals surface area contributed by atoms with Crippen molar-refractivity contribution >= 4 is 5.97 Å². The lowest BCUT2D eigenvalue weighted by Gasteiger charge is -2.11. The maximum Gasteiger partial charge on any atom is 0.345 e. The topological polar surface area (TPSA) is 88.6 Å². The molecule has 0 radical (unpaired) electrons. The fraction of sp³-hybridized carbons (Fsp3) is 0.375. The standard InChI is InChI=1S/C16H21N3O4/c1-3-22-16(20)14-10-18-19(15(14)23-9-8-17)11-12-4-6-13(21-2)7-5-12/h4-7,10H,3,8-9,11,17H2,1-2H3. The number of methoxy groups -OCH3 is 1. The second kappa shape index (κ2) is 8.19. The van der Waals surface area contributed by atoms with Gasteiger partial charge in [0.1, 0.15) is 17.9 Å². The van der Waals surface area contributed by atoms with Gasteiger partial charge in [-0.1, -0.05) is 12.1 Å². The molecule has 0 fully saturated rings. The van der Waals surface area contributed by atoms with E-state index < -0.39 is 5.97 Å². The number of ether oxygens (including phenoxy) is 3. The molecule has 0 saturated heterocycles. The number of carbonyl (C=O) groups excluding carboxylic acids is 1. The summed E-state index contributed by atoms with van der Waals surface area (Å²) < 4.78 is 17.4. The van der Waals surface area contributed by atoms with Crippen LogP contribution >= 0.6 is 0 Å². The van der Waals surface area contributed by atoms with Gasteiger partial charge in [-0.15, -0.1) is 0 Å². The maximum absolute atomic E-state index is 12.0. The molecular formula is C16H21N3O4. The van der Waals surface area contributed by atoms with E-state index in [9.17, 15) is 4.79 Å². The Kier molecular flexibility index (Phi) is 5.99. The van der Waals surface area contributed by atoms with E-state index in [1.807, 2.05) is 24.3 Å². The van der Waals surface area contributed by atoms with E-state index in [1.54, 1.807) is 18.7 Å². The molecule has 0 saturated carbocycles. The van der Waals surface area contributed by atoms with E-state index in [0.717, 1.165) is 11.3 Å². The molecule has 23 heavy (non-hydrogen) atoms. The number of nitrogens with two attached hydrogens (primary N) is 1. The van der Waals surface area contributed by atoms with Crippen molar-refractivity contribution in [3.8, 4) is 11.6 Å². The predicted octanol–water partition coefficient (Wildman–Crippen LogP) is 1.45. The smallest absolute Gasteiger partial charge is 0.345 e. The molecule has 1 aromatic carbocycles. The van der Waals surface area contributed by atoms with Gasteiger partial charge in [-0.2, -0.15) is 5.10 Å². The van der Waals surface area contributed by atoms with Crippen molar-refractivity contribution in [1.29, 1.82) is 0 Å². The third-order valence-corrected chi connectivity index (χ3v) is 3.13. The summed E-state index contributed by atoms with van der Waals surface area (Å²) in [5.74, 6) is 0.686. The van der Waals surface area contributed by atoms with Gasteiger partial charge >= 0.3 is 5.97 Å². The SMILES string of the molecule is CCOC(=O)c1cnn(Cc2ccc(OC)cc2)c1OCCN. The Hall–Kier alpha value is -2.54. The lowest BCUT2D eigenvalue weighted by Crippen LogP contribution is -2.16. The second-order valence-electron chi connectivity index (χ2n) is 4.73. The third-order valence-electron chi connectivity index (χ3n) is 3.13. The van der Waals surface area contributed by atoms with Crippen molar-refractivity contribution in [2.24, 2.45) is 5.73 Å². The minimum Gasteiger partial charge on any atom is -0.497 e. The van der Waals surface area contributed by atoms with Gasteiger partial charge in [0.15, 0.2) is 0 Å². The first-order valence-corrected chi connectivity index (χ1v) is 7.38. The summed E-state index contributed by atoms with van der Waals surface area (Å²) in [6.07, 6.45) is 1.45. The van der Waals surface area contributed by atoms with Crippen LogP contribution < -0.4 is 15.2 Å². The lowest BCUT2D eigenvalue weighted by atomic mass is 10.2. The molecule has 0 aliphatic heterocycles. The molecule has 0 atom stereocenters. The van der Waals surface area contributed by atoms with E-state index in [4.69, 9.17) is 19.9 Å². The van der Waals surface area contributed by atoms with Crippen molar-refractivity contribution in [3.63, 3.8) is 0 Å². The zero-order valence-electron chi connectivity index (χ0n) is 13.3. The van der Waals surface area contributed by atoms with Crippen LogP contribution in [0.1, 0.15) is 22.8 Å². The van der Waals surface area contributed by atoms with Crippen LogP contribution in [0.25, 0.3) is 0 Å². The van der Waals surface area contributed by atoms with E-state index in [1.165, 1.54) is 6.20 Å². The van der Waals surface area contributed by atoms with Crippen molar-refractivity contribution in [2.45, 2.75) is 13.5 Å². The number of esters is 1. The summed E-state index contributed by atoms with van der Waals surface area (Å²) in [5, 5.41) is 4.23. The first-order chi connectivity index (χ1) is 11.2. The van der Waals surface area contributed by atoms with Crippen molar-refractivity contribution < 1.29 is 19.0 Å². The summed E-state index contributed by atoms with van der Waals surface area (Å²) in [5.41, 5.74) is 6.78. The van der Waals surface area contributed by atoms with Gasteiger partial charge in [0.2, 0.25) is 5.88 Å². The van der Waals surface area contributed by atoms with E-state index >= 15 is 0 Å². The summed E-state index contributed by atoms with van der Waals surface area (Å²) in [6.45, 7) is 3.14. The molecule has 0 aliphatic carbocycles. The van der Waals surface area contributed by atoms with Crippen LogP contribution in [0.15, 0.2) is 30.5 Å². The van der Waals surface area contributed by atoms with Gasteiger partial charge in [0.25, 0.3) is 0 Å². The minimum atomic E-state index is -0.458. The van der Waals surface area contributed by atoms with Gasteiger partial charge in [-0.25, -0.2) is 9.48 Å². The van der Waals surface area contributed by atoms with E-state index in [-0.39, 0.29) is 0 Å². The van der Waals surface area contributed by atoms with Crippen molar-refractivity contribution in [2.75, 3.05) is 26.9 Å². The number of benzene rings is 1. The Morgan fingerprint density at radius 1 is 1.30 bits per heavy atom. The molecular weight excluding hydrogens is 298 g/mol.